The smallest absolute Gasteiger partial charge is 0.246 e. The fourth-order valence-electron chi connectivity index (χ4n) is 1.79. The number of nitrogens with zero attached hydrogens (tertiary/aromatic N) is 1. The van der Waals surface area contributed by atoms with Crippen molar-refractivity contribution >= 4 is 5.91 Å². The number of carbonyl (C=O) groups excluding carboxylic acids is 1. The first-order valence-electron chi connectivity index (χ1n) is 6.49. The van der Waals surface area contributed by atoms with Crippen LogP contribution >= 0.6 is 0 Å². The van der Waals surface area contributed by atoms with Gasteiger partial charge in [0.25, 0.3) is 0 Å². The van der Waals surface area contributed by atoms with Crippen LogP contribution in [0.5, 0.6) is 0 Å². The van der Waals surface area contributed by atoms with Crippen molar-refractivity contribution in [3.63, 3.8) is 0 Å². The minimum atomic E-state index is -0.00353. The zero-order chi connectivity index (χ0) is 13.3. The first-order chi connectivity index (χ1) is 7.96. The number of hydrogen-bond donors (Lipinski definition) is 0. The molecule has 0 aliphatic heterocycles. The lowest BCUT2D eigenvalue weighted by atomic mass is 9.84. The van der Waals surface area contributed by atoms with Crippen LogP contribution in [0.25, 0.3) is 0 Å². The number of rotatable bonds is 9. The molecule has 17 heavy (non-hydrogen) atoms. The maximum atomic E-state index is 11.6. The highest BCUT2D eigenvalue weighted by Crippen LogP contribution is 2.27. The summed E-state index contributed by atoms with van der Waals surface area (Å²) in [7, 11) is 0. The third-order valence-corrected chi connectivity index (χ3v) is 3.10. The second kappa shape index (κ2) is 8.10. The molecule has 2 heteroatoms. The third-order valence-electron chi connectivity index (χ3n) is 3.10. The van der Waals surface area contributed by atoms with Crippen molar-refractivity contribution in [3.8, 4) is 0 Å². The quantitative estimate of drug-likeness (QED) is 0.441. The molecule has 0 aliphatic rings. The molecule has 0 saturated heterocycles. The van der Waals surface area contributed by atoms with Gasteiger partial charge in [0, 0.05) is 13.1 Å². The second-order valence-corrected chi connectivity index (χ2v) is 5.29. The van der Waals surface area contributed by atoms with Crippen molar-refractivity contribution in [1.29, 1.82) is 0 Å². The van der Waals surface area contributed by atoms with Crippen molar-refractivity contribution in [2.24, 2.45) is 5.41 Å². The van der Waals surface area contributed by atoms with Gasteiger partial charge in [-0.2, -0.15) is 0 Å². The molecule has 0 rings (SSSR count). The monoisotopic (exact) mass is 237 g/mol. The lowest BCUT2D eigenvalue weighted by Gasteiger charge is -2.28. The van der Waals surface area contributed by atoms with E-state index in [1.807, 2.05) is 0 Å². The molecule has 0 saturated carbocycles. The summed E-state index contributed by atoms with van der Waals surface area (Å²) < 4.78 is 0. The highest BCUT2D eigenvalue weighted by Gasteiger charge is 2.19. The van der Waals surface area contributed by atoms with Gasteiger partial charge < -0.3 is 4.90 Å². The van der Waals surface area contributed by atoms with Crippen molar-refractivity contribution < 1.29 is 4.79 Å². The molecule has 0 bridgehead atoms. The van der Waals surface area contributed by atoms with Gasteiger partial charge in [0.2, 0.25) is 5.91 Å². The van der Waals surface area contributed by atoms with E-state index in [1.165, 1.54) is 25.3 Å². The highest BCUT2D eigenvalue weighted by molar-refractivity contribution is 5.87. The summed E-state index contributed by atoms with van der Waals surface area (Å²) in [6, 6.07) is 0. The molecule has 0 spiro atoms. The molecule has 0 aliphatic carbocycles. The molecule has 0 atom stereocenters. The molecule has 0 unspecified atom stereocenters. The summed E-state index contributed by atoms with van der Waals surface area (Å²) in [6.45, 7) is 15.4. The first-order valence-corrected chi connectivity index (χ1v) is 6.49. The van der Waals surface area contributed by atoms with Crippen molar-refractivity contribution in [2.75, 3.05) is 13.1 Å². The number of carbonyl (C=O) groups is 1. The second-order valence-electron chi connectivity index (χ2n) is 5.29. The van der Waals surface area contributed by atoms with E-state index in [0.29, 0.717) is 12.0 Å². The molecule has 0 radical (unpaired) electrons. The minimum absolute atomic E-state index is 0.00353. The summed E-state index contributed by atoms with van der Waals surface area (Å²) in [6.07, 6.45) is 7.87. The molecule has 1 amide bonds. The van der Waals surface area contributed by atoms with E-state index >= 15 is 0 Å². The van der Waals surface area contributed by atoms with Gasteiger partial charge in [-0.15, -0.1) is 6.58 Å². The zero-order valence-electron chi connectivity index (χ0n) is 11.7. The Labute approximate surface area is 106 Å². The maximum Gasteiger partial charge on any atom is 0.246 e. The molecule has 0 aromatic carbocycles. The molecule has 0 fully saturated rings. The Morgan fingerprint density at radius 3 is 2.41 bits per heavy atom. The van der Waals surface area contributed by atoms with Crippen LogP contribution in [0.3, 0.4) is 0 Å². The SMILES string of the molecule is C=CCN(CCC(C)(C)CCCC)C(=O)C=C. The Balaban J connectivity index is 4.23. The average Bonchev–Trinajstić information content (AvgIpc) is 2.31. The van der Waals surface area contributed by atoms with Crippen LogP contribution in [0.4, 0.5) is 0 Å². The predicted octanol–water partition coefficient (Wildman–Crippen LogP) is 3.79. The van der Waals surface area contributed by atoms with Gasteiger partial charge in [0.15, 0.2) is 0 Å². The molecule has 98 valence electrons. The average molecular weight is 237 g/mol. The maximum absolute atomic E-state index is 11.6. The van der Waals surface area contributed by atoms with Gasteiger partial charge in [-0.05, 0) is 24.3 Å². The van der Waals surface area contributed by atoms with Crippen LogP contribution in [-0.4, -0.2) is 23.9 Å². The van der Waals surface area contributed by atoms with E-state index in [0.717, 1.165) is 13.0 Å². The van der Waals surface area contributed by atoms with E-state index < -0.39 is 0 Å². The summed E-state index contributed by atoms with van der Waals surface area (Å²) in [5, 5.41) is 0. The number of unbranched alkanes of at least 4 members (excludes halogenated alkanes) is 1. The normalized spacial score (nSPS) is 11.0. The van der Waals surface area contributed by atoms with E-state index in [4.69, 9.17) is 0 Å². The summed E-state index contributed by atoms with van der Waals surface area (Å²) in [4.78, 5) is 13.4. The van der Waals surface area contributed by atoms with Gasteiger partial charge in [-0.1, -0.05) is 46.3 Å². The fourth-order valence-corrected chi connectivity index (χ4v) is 1.79. The summed E-state index contributed by atoms with van der Waals surface area (Å²) >= 11 is 0. The Morgan fingerprint density at radius 1 is 1.29 bits per heavy atom. The lowest BCUT2D eigenvalue weighted by Crippen LogP contribution is -2.33. The van der Waals surface area contributed by atoms with E-state index in [-0.39, 0.29) is 5.91 Å². The van der Waals surface area contributed by atoms with Crippen LogP contribution in [0, 0.1) is 5.41 Å². The van der Waals surface area contributed by atoms with Gasteiger partial charge in [-0.25, -0.2) is 0 Å². The Kier molecular flexibility index (Phi) is 7.60. The van der Waals surface area contributed by atoms with E-state index in [9.17, 15) is 4.79 Å². The van der Waals surface area contributed by atoms with Crippen LogP contribution in [0.15, 0.2) is 25.3 Å². The standard InChI is InChI=1S/C15H27NO/c1-6-9-10-15(4,5)11-13-16(12-7-2)14(17)8-3/h7-8H,2-3,6,9-13H2,1,4-5H3. The Morgan fingerprint density at radius 2 is 1.94 bits per heavy atom. The zero-order valence-corrected chi connectivity index (χ0v) is 11.7. The molecule has 0 aromatic rings. The fraction of sp³-hybridized carbons (Fsp3) is 0.667. The van der Waals surface area contributed by atoms with E-state index in [1.54, 1.807) is 11.0 Å². The molecule has 0 N–H and O–H groups in total. The predicted molar refractivity (Wildman–Crippen MR) is 74.9 cm³/mol. The van der Waals surface area contributed by atoms with Crippen molar-refractivity contribution in [3.05, 3.63) is 25.3 Å². The lowest BCUT2D eigenvalue weighted by molar-refractivity contribution is -0.125. The molecule has 0 aromatic heterocycles. The van der Waals surface area contributed by atoms with E-state index in [2.05, 4.69) is 33.9 Å². The highest BCUT2D eigenvalue weighted by atomic mass is 16.2. The first kappa shape index (κ1) is 16.0. The largest absolute Gasteiger partial charge is 0.335 e. The minimum Gasteiger partial charge on any atom is -0.335 e. The number of hydrogen-bond acceptors (Lipinski definition) is 1. The summed E-state index contributed by atoms with van der Waals surface area (Å²) in [5.41, 5.74) is 0.302. The number of amides is 1. The Hall–Kier alpha value is -1.05. The Bertz CT molecular complexity index is 256. The van der Waals surface area contributed by atoms with Crippen LogP contribution < -0.4 is 0 Å². The van der Waals surface area contributed by atoms with Crippen LogP contribution in [-0.2, 0) is 4.79 Å². The topological polar surface area (TPSA) is 20.3 Å². The van der Waals surface area contributed by atoms with Gasteiger partial charge in [0.1, 0.15) is 0 Å². The van der Waals surface area contributed by atoms with Crippen molar-refractivity contribution in [2.45, 2.75) is 46.5 Å². The van der Waals surface area contributed by atoms with Crippen molar-refractivity contribution in [1.82, 2.24) is 4.90 Å². The molecular formula is C15H27NO. The summed E-state index contributed by atoms with van der Waals surface area (Å²) in [5.74, 6) is -0.00353. The van der Waals surface area contributed by atoms with Gasteiger partial charge >= 0.3 is 0 Å². The van der Waals surface area contributed by atoms with Gasteiger partial charge in [-0.3, -0.25) is 4.79 Å². The van der Waals surface area contributed by atoms with Gasteiger partial charge in [0.05, 0.1) is 0 Å². The molecule has 2 nitrogen and oxygen atoms in total. The van der Waals surface area contributed by atoms with Crippen LogP contribution in [0.1, 0.15) is 46.5 Å². The third kappa shape index (κ3) is 6.98. The molecular weight excluding hydrogens is 210 g/mol. The van der Waals surface area contributed by atoms with Crippen LogP contribution in [0.2, 0.25) is 0 Å². The molecule has 0 heterocycles.